The molecule has 1 aromatic carbocycles. The Hall–Kier alpha value is -2.49. The molecule has 0 aliphatic heterocycles. The number of aromatic nitrogens is 1. The van der Waals surface area contributed by atoms with Gasteiger partial charge in [-0.1, -0.05) is 12.1 Å². The van der Waals surface area contributed by atoms with Crippen LogP contribution in [0, 0.1) is 0 Å². The predicted octanol–water partition coefficient (Wildman–Crippen LogP) is 3.04. The summed E-state index contributed by atoms with van der Waals surface area (Å²) >= 11 is 0. The second-order valence-electron chi connectivity index (χ2n) is 5.63. The SMILES string of the molecule is CC(c1ccncc1)N(C)C(=O)c1cccc2c1CCC2=O. The molecule has 1 amide bonds. The van der Waals surface area contributed by atoms with E-state index in [4.69, 9.17) is 0 Å². The van der Waals surface area contributed by atoms with Crippen molar-refractivity contribution in [2.75, 3.05) is 7.05 Å². The van der Waals surface area contributed by atoms with Gasteiger partial charge in [0.25, 0.3) is 5.91 Å². The Bertz CT molecular complexity index is 725. The molecular formula is C18H18N2O2. The Morgan fingerprint density at radius 2 is 1.91 bits per heavy atom. The van der Waals surface area contributed by atoms with Gasteiger partial charge in [0.1, 0.15) is 0 Å². The van der Waals surface area contributed by atoms with Gasteiger partial charge in [0.2, 0.25) is 0 Å². The molecule has 1 aliphatic carbocycles. The van der Waals surface area contributed by atoms with Gasteiger partial charge in [-0.15, -0.1) is 0 Å². The van der Waals surface area contributed by atoms with Crippen LogP contribution in [0.1, 0.15) is 51.2 Å². The van der Waals surface area contributed by atoms with Gasteiger partial charge < -0.3 is 4.90 Å². The quantitative estimate of drug-likeness (QED) is 0.874. The normalized spacial score (nSPS) is 14.5. The van der Waals surface area contributed by atoms with Gasteiger partial charge in [0.15, 0.2) is 5.78 Å². The van der Waals surface area contributed by atoms with Crippen LogP contribution in [0.25, 0.3) is 0 Å². The zero-order valence-electron chi connectivity index (χ0n) is 12.7. The van der Waals surface area contributed by atoms with Gasteiger partial charge in [0.05, 0.1) is 6.04 Å². The van der Waals surface area contributed by atoms with E-state index in [2.05, 4.69) is 4.98 Å². The van der Waals surface area contributed by atoms with Crippen LogP contribution in [-0.4, -0.2) is 28.6 Å². The van der Waals surface area contributed by atoms with E-state index >= 15 is 0 Å². The Balaban J connectivity index is 1.90. The molecule has 3 rings (SSSR count). The van der Waals surface area contributed by atoms with Gasteiger partial charge >= 0.3 is 0 Å². The summed E-state index contributed by atoms with van der Waals surface area (Å²) in [6, 6.07) is 9.19. The molecule has 0 saturated carbocycles. The Kier molecular flexibility index (Phi) is 3.75. The van der Waals surface area contributed by atoms with Crippen LogP contribution >= 0.6 is 0 Å². The lowest BCUT2D eigenvalue weighted by atomic mass is 10.0. The molecule has 0 radical (unpaired) electrons. The van der Waals surface area contributed by atoms with E-state index in [1.807, 2.05) is 31.2 Å². The average molecular weight is 294 g/mol. The monoisotopic (exact) mass is 294 g/mol. The minimum absolute atomic E-state index is 0.0455. The largest absolute Gasteiger partial charge is 0.335 e. The lowest BCUT2D eigenvalue weighted by Gasteiger charge is -2.26. The average Bonchev–Trinajstić information content (AvgIpc) is 2.95. The van der Waals surface area contributed by atoms with Crippen LogP contribution < -0.4 is 0 Å². The predicted molar refractivity (Wildman–Crippen MR) is 83.8 cm³/mol. The number of fused-ring (bicyclic) bond motifs is 1. The molecule has 0 fully saturated rings. The van der Waals surface area contributed by atoms with Crippen LogP contribution in [0.5, 0.6) is 0 Å². The number of Topliss-reactive ketones (excluding diaryl/α,β-unsaturated/α-hetero) is 1. The third kappa shape index (κ3) is 2.41. The molecule has 1 heterocycles. The van der Waals surface area contributed by atoms with Crippen molar-refractivity contribution in [1.82, 2.24) is 9.88 Å². The van der Waals surface area contributed by atoms with Crippen molar-refractivity contribution in [3.8, 4) is 0 Å². The molecule has 1 unspecified atom stereocenters. The number of rotatable bonds is 3. The van der Waals surface area contributed by atoms with E-state index in [1.54, 1.807) is 30.4 Å². The number of carbonyl (C=O) groups is 2. The Morgan fingerprint density at radius 1 is 1.18 bits per heavy atom. The third-order valence-corrected chi connectivity index (χ3v) is 4.40. The van der Waals surface area contributed by atoms with Crippen molar-refractivity contribution in [1.29, 1.82) is 0 Å². The first kappa shape index (κ1) is 14.4. The molecule has 1 atom stereocenters. The fourth-order valence-electron chi connectivity index (χ4n) is 2.92. The Labute approximate surface area is 129 Å². The number of nitrogens with zero attached hydrogens (tertiary/aromatic N) is 2. The molecule has 0 spiro atoms. The molecular weight excluding hydrogens is 276 g/mol. The van der Waals surface area contributed by atoms with E-state index in [1.165, 1.54) is 0 Å². The van der Waals surface area contributed by atoms with Gasteiger partial charge in [-0.25, -0.2) is 0 Å². The first-order valence-electron chi connectivity index (χ1n) is 7.41. The van der Waals surface area contributed by atoms with E-state index in [0.29, 0.717) is 24.0 Å². The number of hydrogen-bond acceptors (Lipinski definition) is 3. The smallest absolute Gasteiger partial charge is 0.254 e. The molecule has 0 saturated heterocycles. The zero-order valence-corrected chi connectivity index (χ0v) is 12.7. The minimum Gasteiger partial charge on any atom is -0.335 e. The topological polar surface area (TPSA) is 50.3 Å². The van der Waals surface area contributed by atoms with Gasteiger partial charge in [-0.2, -0.15) is 0 Å². The van der Waals surface area contributed by atoms with E-state index in [-0.39, 0.29) is 17.7 Å². The highest BCUT2D eigenvalue weighted by Crippen LogP contribution is 2.28. The number of ketones is 1. The summed E-state index contributed by atoms with van der Waals surface area (Å²) in [5.74, 6) is 0.0883. The highest BCUT2D eigenvalue weighted by molar-refractivity contribution is 6.05. The minimum atomic E-state index is -0.0524. The second-order valence-corrected chi connectivity index (χ2v) is 5.63. The highest BCUT2D eigenvalue weighted by atomic mass is 16.2. The summed E-state index contributed by atoms with van der Waals surface area (Å²) < 4.78 is 0. The fraction of sp³-hybridized carbons (Fsp3) is 0.278. The number of benzene rings is 1. The molecule has 1 aliphatic rings. The van der Waals surface area contributed by atoms with Crippen LogP contribution in [0.15, 0.2) is 42.7 Å². The van der Waals surface area contributed by atoms with Gasteiger partial charge in [0, 0.05) is 37.0 Å². The van der Waals surface area contributed by atoms with Gasteiger partial charge in [-0.3, -0.25) is 14.6 Å². The van der Waals surface area contributed by atoms with E-state index < -0.39 is 0 Å². The maximum Gasteiger partial charge on any atom is 0.254 e. The van der Waals surface area contributed by atoms with Crippen LogP contribution in [0.4, 0.5) is 0 Å². The molecule has 112 valence electrons. The summed E-state index contributed by atoms with van der Waals surface area (Å²) in [7, 11) is 1.80. The van der Waals surface area contributed by atoms with Crippen LogP contribution in [0.3, 0.4) is 0 Å². The van der Waals surface area contributed by atoms with E-state index in [9.17, 15) is 9.59 Å². The summed E-state index contributed by atoms with van der Waals surface area (Å²) in [6.07, 6.45) is 4.61. The molecule has 2 aromatic rings. The molecule has 4 heteroatoms. The molecule has 0 bridgehead atoms. The zero-order chi connectivity index (χ0) is 15.7. The van der Waals surface area contributed by atoms with Crippen molar-refractivity contribution < 1.29 is 9.59 Å². The van der Waals surface area contributed by atoms with Crippen molar-refractivity contribution in [3.05, 3.63) is 65.0 Å². The number of hydrogen-bond donors (Lipinski definition) is 0. The summed E-state index contributed by atoms with van der Waals surface area (Å²) in [4.78, 5) is 30.4. The lowest BCUT2D eigenvalue weighted by molar-refractivity contribution is 0.0741. The van der Waals surface area contributed by atoms with E-state index in [0.717, 1.165) is 11.1 Å². The van der Waals surface area contributed by atoms with Gasteiger partial charge in [-0.05, 0) is 42.7 Å². The molecule has 4 nitrogen and oxygen atoms in total. The maximum absolute atomic E-state index is 12.8. The second kappa shape index (κ2) is 5.72. The first-order chi connectivity index (χ1) is 10.6. The van der Waals surface area contributed by atoms with Crippen molar-refractivity contribution in [2.24, 2.45) is 0 Å². The maximum atomic E-state index is 12.8. The summed E-state index contributed by atoms with van der Waals surface area (Å²) in [6.45, 7) is 1.99. The third-order valence-electron chi connectivity index (χ3n) is 4.40. The van der Waals surface area contributed by atoms with Crippen LogP contribution in [0.2, 0.25) is 0 Å². The first-order valence-corrected chi connectivity index (χ1v) is 7.41. The standard InChI is InChI=1S/C18H18N2O2/c1-12(13-8-10-19-11-9-13)20(2)18(22)16-5-3-4-15-14(16)6-7-17(15)21/h3-5,8-12H,6-7H2,1-2H3. The number of amides is 1. The number of carbonyl (C=O) groups excluding carboxylic acids is 2. The summed E-state index contributed by atoms with van der Waals surface area (Å²) in [5.41, 5.74) is 3.28. The molecule has 1 aromatic heterocycles. The van der Waals surface area contributed by atoms with Crippen molar-refractivity contribution >= 4 is 11.7 Å². The lowest BCUT2D eigenvalue weighted by Crippen LogP contribution is -2.30. The molecule has 22 heavy (non-hydrogen) atoms. The molecule has 0 N–H and O–H groups in total. The number of pyridine rings is 1. The Morgan fingerprint density at radius 3 is 2.64 bits per heavy atom. The van der Waals surface area contributed by atoms with Crippen molar-refractivity contribution in [2.45, 2.75) is 25.8 Å². The summed E-state index contributed by atoms with van der Waals surface area (Å²) in [5, 5.41) is 0. The van der Waals surface area contributed by atoms with Crippen LogP contribution in [-0.2, 0) is 6.42 Å². The highest BCUT2D eigenvalue weighted by Gasteiger charge is 2.27. The van der Waals surface area contributed by atoms with Crippen molar-refractivity contribution in [3.63, 3.8) is 0 Å². The fourth-order valence-corrected chi connectivity index (χ4v) is 2.92.